The van der Waals surface area contributed by atoms with Crippen LogP contribution in [0.1, 0.15) is 39.1 Å². The number of benzene rings is 2. The molecule has 0 unspecified atom stereocenters. The maximum absolute atomic E-state index is 12.8. The van der Waals surface area contributed by atoms with E-state index in [0.29, 0.717) is 52.2 Å². The van der Waals surface area contributed by atoms with Crippen molar-refractivity contribution in [3.8, 4) is 0 Å². The molecule has 1 fully saturated rings. The molecule has 1 heterocycles. The Bertz CT molecular complexity index is 1230. The number of methoxy groups -OCH3 is 1. The van der Waals surface area contributed by atoms with Crippen LogP contribution in [0.15, 0.2) is 53.4 Å². The van der Waals surface area contributed by atoms with Crippen LogP contribution in [0.3, 0.4) is 0 Å². The smallest absolute Gasteiger partial charge is 0.338 e. The highest BCUT2D eigenvalue weighted by atomic mass is 32.2. The number of amides is 2. The lowest BCUT2D eigenvalue weighted by molar-refractivity contribution is -0.122. The van der Waals surface area contributed by atoms with Gasteiger partial charge in [-0.3, -0.25) is 14.5 Å². The van der Waals surface area contributed by atoms with Crippen molar-refractivity contribution >= 4 is 63.8 Å². The zero-order valence-electron chi connectivity index (χ0n) is 21.4. The van der Waals surface area contributed by atoms with Crippen molar-refractivity contribution in [1.82, 2.24) is 9.80 Å². The van der Waals surface area contributed by atoms with E-state index in [-0.39, 0.29) is 18.2 Å². The summed E-state index contributed by atoms with van der Waals surface area (Å²) in [6, 6.07) is 13.2. The topological polar surface area (TPSA) is 105 Å². The van der Waals surface area contributed by atoms with Crippen molar-refractivity contribution in [2.75, 3.05) is 46.2 Å². The molecule has 2 aromatic rings. The largest absolute Gasteiger partial charge is 0.465 e. The summed E-state index contributed by atoms with van der Waals surface area (Å²) in [5, 5.41) is 2.79. The number of carbonyl (C=O) groups excluding carboxylic acids is 4. The molecule has 1 saturated heterocycles. The Balaban J connectivity index is 1.46. The van der Waals surface area contributed by atoms with Crippen molar-refractivity contribution in [1.29, 1.82) is 0 Å². The van der Waals surface area contributed by atoms with Crippen molar-refractivity contribution in [2.24, 2.45) is 0 Å². The Morgan fingerprint density at radius 2 is 1.66 bits per heavy atom. The average Bonchev–Trinajstić information content (AvgIpc) is 3.16. The predicted octanol–water partition coefficient (Wildman–Crippen LogP) is 3.81. The van der Waals surface area contributed by atoms with E-state index in [2.05, 4.69) is 5.32 Å². The molecule has 1 aliphatic heterocycles. The Morgan fingerprint density at radius 1 is 1.03 bits per heavy atom. The van der Waals surface area contributed by atoms with Gasteiger partial charge in [0.1, 0.15) is 10.9 Å². The first-order valence-corrected chi connectivity index (χ1v) is 13.1. The summed E-state index contributed by atoms with van der Waals surface area (Å²) >= 11 is 6.56. The van der Waals surface area contributed by atoms with E-state index in [9.17, 15) is 19.2 Å². The molecular weight excluding hydrogens is 526 g/mol. The first-order chi connectivity index (χ1) is 18.2. The minimum absolute atomic E-state index is 0.194. The van der Waals surface area contributed by atoms with Gasteiger partial charge >= 0.3 is 11.9 Å². The second kappa shape index (κ2) is 13.8. The number of likely N-dealkylation sites (N-methyl/N-ethyl adjacent to an activating group) is 1. The van der Waals surface area contributed by atoms with Gasteiger partial charge in [0.15, 0.2) is 0 Å². The van der Waals surface area contributed by atoms with Crippen LogP contribution in [0.2, 0.25) is 0 Å². The van der Waals surface area contributed by atoms with Crippen LogP contribution in [-0.4, -0.2) is 78.8 Å². The quantitative estimate of drug-likeness (QED) is 0.252. The van der Waals surface area contributed by atoms with Gasteiger partial charge in [0, 0.05) is 25.2 Å². The van der Waals surface area contributed by atoms with Gasteiger partial charge in [0.05, 0.1) is 23.1 Å². The Kier molecular flexibility index (Phi) is 10.6. The summed E-state index contributed by atoms with van der Waals surface area (Å²) < 4.78 is 10.3. The maximum Gasteiger partial charge on any atom is 0.338 e. The third-order valence-corrected chi connectivity index (χ3v) is 6.84. The SMILES string of the molecule is COC(=O)c1ccc(/C=C2\SC(=S)N(CCCC(=O)Nc3ccc(C(=O)OCCN(C)C)cc3)C2=O)cc1. The molecule has 2 amide bonds. The summed E-state index contributed by atoms with van der Waals surface area (Å²) in [5.74, 6) is -1.27. The number of carbonyl (C=O) groups is 4. The van der Waals surface area contributed by atoms with E-state index in [1.54, 1.807) is 54.6 Å². The molecule has 0 bridgehead atoms. The first kappa shape index (κ1) is 29.0. The molecule has 0 atom stereocenters. The molecule has 1 aliphatic rings. The predicted molar refractivity (Wildman–Crippen MR) is 151 cm³/mol. The normalized spacial score (nSPS) is 14.2. The minimum atomic E-state index is -0.431. The highest BCUT2D eigenvalue weighted by molar-refractivity contribution is 8.26. The Labute approximate surface area is 231 Å². The molecule has 200 valence electrons. The molecular formula is C27H29N3O6S2. The third kappa shape index (κ3) is 8.23. The van der Waals surface area contributed by atoms with Gasteiger partial charge in [-0.2, -0.15) is 0 Å². The summed E-state index contributed by atoms with van der Waals surface area (Å²) in [6.07, 6.45) is 2.34. The Morgan fingerprint density at radius 3 is 2.29 bits per heavy atom. The lowest BCUT2D eigenvalue weighted by Gasteiger charge is -2.14. The van der Waals surface area contributed by atoms with E-state index >= 15 is 0 Å². The standard InChI is InChI=1S/C27H29N3O6S2/c1-29(2)15-16-36-26(34)20-10-12-21(13-11-20)28-23(31)5-4-14-30-24(32)22(38-27(30)37)17-18-6-8-19(9-7-18)25(33)35-3/h6-13,17H,4-5,14-16H2,1-3H3,(H,28,31)/b22-17-. The molecule has 11 heteroatoms. The molecule has 0 spiro atoms. The van der Waals surface area contributed by atoms with Crippen LogP contribution in [0.25, 0.3) is 6.08 Å². The van der Waals surface area contributed by atoms with Gasteiger partial charge in [0.25, 0.3) is 5.91 Å². The van der Waals surface area contributed by atoms with Crippen LogP contribution >= 0.6 is 24.0 Å². The number of hydrogen-bond donors (Lipinski definition) is 1. The Hall–Kier alpha value is -3.54. The maximum atomic E-state index is 12.8. The summed E-state index contributed by atoms with van der Waals surface area (Å²) in [6.45, 7) is 1.25. The number of hydrogen-bond acceptors (Lipinski definition) is 9. The molecule has 9 nitrogen and oxygen atoms in total. The van der Waals surface area contributed by atoms with Crippen molar-refractivity contribution < 1.29 is 28.7 Å². The number of thiocarbonyl (C=S) groups is 1. The molecule has 2 aromatic carbocycles. The molecule has 0 aliphatic carbocycles. The van der Waals surface area contributed by atoms with Gasteiger partial charge in [-0.05, 0) is 68.6 Å². The van der Waals surface area contributed by atoms with Crippen LogP contribution in [-0.2, 0) is 19.1 Å². The van der Waals surface area contributed by atoms with Crippen LogP contribution in [0.4, 0.5) is 5.69 Å². The average molecular weight is 556 g/mol. The van der Waals surface area contributed by atoms with Crippen molar-refractivity contribution in [3.63, 3.8) is 0 Å². The van der Waals surface area contributed by atoms with E-state index < -0.39 is 11.9 Å². The fourth-order valence-corrected chi connectivity index (χ4v) is 4.70. The van der Waals surface area contributed by atoms with E-state index in [1.165, 1.54) is 23.8 Å². The third-order valence-electron chi connectivity index (χ3n) is 5.46. The number of anilines is 1. The molecule has 38 heavy (non-hydrogen) atoms. The number of nitrogens with zero attached hydrogens (tertiary/aromatic N) is 2. The number of thioether (sulfide) groups is 1. The highest BCUT2D eigenvalue weighted by Gasteiger charge is 2.31. The zero-order valence-corrected chi connectivity index (χ0v) is 23.0. The fourth-order valence-electron chi connectivity index (χ4n) is 3.39. The van der Waals surface area contributed by atoms with Gasteiger partial charge < -0.3 is 19.7 Å². The van der Waals surface area contributed by atoms with Crippen LogP contribution < -0.4 is 5.32 Å². The minimum Gasteiger partial charge on any atom is -0.465 e. The number of nitrogens with one attached hydrogen (secondary N) is 1. The first-order valence-electron chi connectivity index (χ1n) is 11.8. The van der Waals surface area contributed by atoms with Gasteiger partial charge in [-0.25, -0.2) is 9.59 Å². The monoisotopic (exact) mass is 555 g/mol. The van der Waals surface area contributed by atoms with E-state index in [1.807, 2.05) is 19.0 Å². The van der Waals surface area contributed by atoms with Crippen molar-refractivity contribution in [2.45, 2.75) is 12.8 Å². The second-order valence-corrected chi connectivity index (χ2v) is 10.3. The van der Waals surface area contributed by atoms with Gasteiger partial charge in [0.2, 0.25) is 5.91 Å². The van der Waals surface area contributed by atoms with E-state index in [4.69, 9.17) is 21.7 Å². The van der Waals surface area contributed by atoms with Crippen LogP contribution in [0.5, 0.6) is 0 Å². The summed E-state index contributed by atoms with van der Waals surface area (Å²) in [4.78, 5) is 52.7. The van der Waals surface area contributed by atoms with Crippen molar-refractivity contribution in [3.05, 3.63) is 70.1 Å². The highest BCUT2D eigenvalue weighted by Crippen LogP contribution is 2.32. The number of ether oxygens (including phenoxy) is 2. The molecule has 0 aromatic heterocycles. The summed E-state index contributed by atoms with van der Waals surface area (Å²) in [7, 11) is 5.11. The van der Waals surface area contributed by atoms with Crippen LogP contribution in [0, 0.1) is 0 Å². The second-order valence-electron chi connectivity index (χ2n) is 8.62. The van der Waals surface area contributed by atoms with E-state index in [0.717, 1.165) is 5.56 Å². The lowest BCUT2D eigenvalue weighted by atomic mass is 10.1. The molecule has 3 rings (SSSR count). The fraction of sp³-hybridized carbons (Fsp3) is 0.296. The number of esters is 2. The molecule has 1 N–H and O–H groups in total. The lowest BCUT2D eigenvalue weighted by Crippen LogP contribution is -2.29. The van der Waals surface area contributed by atoms with Gasteiger partial charge in [-0.1, -0.05) is 36.1 Å². The van der Waals surface area contributed by atoms with Gasteiger partial charge in [-0.15, -0.1) is 0 Å². The zero-order chi connectivity index (χ0) is 27.7. The number of rotatable bonds is 11. The molecule has 0 radical (unpaired) electrons. The molecule has 0 saturated carbocycles. The summed E-state index contributed by atoms with van der Waals surface area (Å²) in [5.41, 5.74) is 2.14.